The van der Waals surface area contributed by atoms with E-state index in [0.717, 1.165) is 66.8 Å². The van der Waals surface area contributed by atoms with E-state index >= 15 is 0 Å². The topological polar surface area (TPSA) is 125 Å². The molecule has 7 rings (SSSR count). The van der Waals surface area contributed by atoms with Crippen molar-refractivity contribution < 1.29 is 23.9 Å². The van der Waals surface area contributed by atoms with Crippen molar-refractivity contribution in [1.82, 2.24) is 24.6 Å². The standard InChI is InChI=1S/C41H47ClN6O6/c1-45-23-33(31-9-6-29(42)22-32(31)41(45)52)28-20-36(53-2)34(37(21-28)54-3)24-47-16-18-48(19-17-47)39(50)25-46-14-12-27(13-15-46)26-4-7-30(8-5-26)43-35-10-11-38(49)44-40(35)51/h4-9,20-23,27,35,43H,10-19,24-25H2,1-3H3,(H,44,49,51). The molecule has 0 aliphatic carbocycles. The number of hydrogen-bond donors (Lipinski definition) is 2. The second-order valence-corrected chi connectivity index (χ2v) is 14.9. The lowest BCUT2D eigenvalue weighted by atomic mass is 9.89. The van der Waals surface area contributed by atoms with E-state index in [9.17, 15) is 19.2 Å². The Labute approximate surface area is 319 Å². The molecule has 4 heterocycles. The van der Waals surface area contributed by atoms with Gasteiger partial charge in [0.1, 0.15) is 17.5 Å². The van der Waals surface area contributed by atoms with Gasteiger partial charge in [-0.15, -0.1) is 0 Å². The number of methoxy groups -OCH3 is 2. The van der Waals surface area contributed by atoms with Gasteiger partial charge in [-0.2, -0.15) is 0 Å². The zero-order valence-electron chi connectivity index (χ0n) is 31.0. The Morgan fingerprint density at radius 3 is 2.19 bits per heavy atom. The SMILES string of the molecule is COc1cc(-c2cn(C)c(=O)c3cc(Cl)ccc23)cc(OC)c1CN1CCN(C(=O)CN2CCC(c3ccc(NC4CCC(=O)NC4=O)cc3)CC2)CC1. The highest BCUT2D eigenvalue weighted by Gasteiger charge is 2.29. The average molecular weight is 755 g/mol. The van der Waals surface area contributed by atoms with Crippen molar-refractivity contribution in [1.29, 1.82) is 0 Å². The Hall–Kier alpha value is -4.91. The van der Waals surface area contributed by atoms with Crippen LogP contribution in [0.4, 0.5) is 5.69 Å². The largest absolute Gasteiger partial charge is 0.496 e. The number of likely N-dealkylation sites (tertiary alicyclic amines) is 1. The van der Waals surface area contributed by atoms with Crippen LogP contribution < -0.4 is 25.7 Å². The van der Waals surface area contributed by atoms with Gasteiger partial charge in [-0.05, 0) is 91.2 Å². The smallest absolute Gasteiger partial charge is 0.258 e. The molecule has 4 aromatic rings. The van der Waals surface area contributed by atoms with Gasteiger partial charge in [0.2, 0.25) is 17.7 Å². The summed E-state index contributed by atoms with van der Waals surface area (Å²) in [6, 6.07) is 17.2. The van der Waals surface area contributed by atoms with E-state index in [4.69, 9.17) is 21.1 Å². The molecule has 54 heavy (non-hydrogen) atoms. The van der Waals surface area contributed by atoms with Gasteiger partial charge >= 0.3 is 0 Å². The van der Waals surface area contributed by atoms with E-state index < -0.39 is 6.04 Å². The molecule has 3 saturated heterocycles. The van der Waals surface area contributed by atoms with Crippen LogP contribution in [-0.4, -0.2) is 103 Å². The highest BCUT2D eigenvalue weighted by atomic mass is 35.5. The maximum atomic E-state index is 13.4. The Kier molecular flexibility index (Phi) is 11.2. The molecule has 12 nitrogen and oxygen atoms in total. The lowest BCUT2D eigenvalue weighted by Gasteiger charge is -2.37. The minimum absolute atomic E-state index is 0.115. The lowest BCUT2D eigenvalue weighted by molar-refractivity contribution is -0.135. The molecule has 1 atom stereocenters. The van der Waals surface area contributed by atoms with E-state index in [2.05, 4.69) is 32.6 Å². The summed E-state index contributed by atoms with van der Waals surface area (Å²) in [5, 5.41) is 7.49. The molecule has 284 valence electrons. The molecule has 1 unspecified atom stereocenters. The number of fused-ring (bicyclic) bond motifs is 1. The number of ether oxygens (including phenoxy) is 2. The number of rotatable bonds is 10. The Morgan fingerprint density at radius 2 is 1.54 bits per heavy atom. The zero-order valence-corrected chi connectivity index (χ0v) is 31.8. The van der Waals surface area contributed by atoms with Crippen LogP contribution in [0.5, 0.6) is 11.5 Å². The molecule has 0 bridgehead atoms. The normalized spacial score (nSPS) is 18.8. The van der Waals surface area contributed by atoms with Crippen LogP contribution in [0.1, 0.15) is 42.7 Å². The summed E-state index contributed by atoms with van der Waals surface area (Å²) < 4.78 is 13.4. The summed E-state index contributed by atoms with van der Waals surface area (Å²) in [7, 11) is 5.04. The molecule has 3 aromatic carbocycles. The number of piperidine rings is 2. The van der Waals surface area contributed by atoms with Crippen molar-refractivity contribution >= 4 is 45.8 Å². The molecular formula is C41H47ClN6O6. The number of carbonyl (C=O) groups is 3. The second kappa shape index (κ2) is 16.2. The van der Waals surface area contributed by atoms with E-state index in [-0.39, 0.29) is 23.3 Å². The molecule has 1 aromatic heterocycles. The number of nitrogens with zero attached hydrogens (tertiary/aromatic N) is 4. The van der Waals surface area contributed by atoms with Crippen molar-refractivity contribution in [3.63, 3.8) is 0 Å². The highest BCUT2D eigenvalue weighted by Crippen LogP contribution is 2.38. The second-order valence-electron chi connectivity index (χ2n) is 14.5. The molecule has 2 N–H and O–H groups in total. The quantitative estimate of drug-likeness (QED) is 0.223. The van der Waals surface area contributed by atoms with E-state index in [1.54, 1.807) is 38.0 Å². The number of aromatic nitrogens is 1. The number of piperazine rings is 1. The van der Waals surface area contributed by atoms with Gasteiger partial charge in [-0.1, -0.05) is 29.8 Å². The first-order valence-electron chi connectivity index (χ1n) is 18.6. The minimum Gasteiger partial charge on any atom is -0.496 e. The molecule has 3 aliphatic heterocycles. The molecule has 0 radical (unpaired) electrons. The van der Waals surface area contributed by atoms with Gasteiger partial charge in [-0.25, -0.2) is 0 Å². The fourth-order valence-electron chi connectivity index (χ4n) is 7.94. The van der Waals surface area contributed by atoms with Gasteiger partial charge in [0.15, 0.2) is 0 Å². The number of hydrogen-bond acceptors (Lipinski definition) is 9. The third kappa shape index (κ3) is 8.11. The van der Waals surface area contributed by atoms with E-state index in [1.807, 2.05) is 41.4 Å². The monoisotopic (exact) mass is 754 g/mol. The summed E-state index contributed by atoms with van der Waals surface area (Å²) in [6.45, 7) is 5.56. The molecule has 0 saturated carbocycles. The van der Waals surface area contributed by atoms with Crippen LogP contribution in [0.3, 0.4) is 0 Å². The number of carbonyl (C=O) groups excluding carboxylic acids is 3. The van der Waals surface area contributed by atoms with E-state index in [0.29, 0.717) is 66.8 Å². The molecule has 3 amide bonds. The van der Waals surface area contributed by atoms with Crippen molar-refractivity contribution in [3.05, 3.63) is 87.3 Å². The first-order valence-corrected chi connectivity index (χ1v) is 18.9. The van der Waals surface area contributed by atoms with Gasteiger partial charge < -0.3 is 24.3 Å². The highest BCUT2D eigenvalue weighted by molar-refractivity contribution is 6.31. The number of nitrogens with one attached hydrogen (secondary N) is 2. The average Bonchev–Trinajstić information content (AvgIpc) is 3.18. The third-order valence-electron chi connectivity index (χ3n) is 11.1. The van der Waals surface area contributed by atoms with Crippen molar-refractivity contribution in [2.45, 2.75) is 44.2 Å². The fraction of sp³-hybridized carbons (Fsp3) is 0.415. The van der Waals surface area contributed by atoms with Gasteiger partial charge in [0.25, 0.3) is 5.56 Å². The predicted molar refractivity (Wildman–Crippen MR) is 209 cm³/mol. The zero-order chi connectivity index (χ0) is 37.9. The summed E-state index contributed by atoms with van der Waals surface area (Å²) in [5.41, 5.74) is 4.69. The van der Waals surface area contributed by atoms with Crippen molar-refractivity contribution in [3.8, 4) is 22.6 Å². The summed E-state index contributed by atoms with van der Waals surface area (Å²) in [5.74, 6) is 1.49. The molecule has 3 fully saturated rings. The Morgan fingerprint density at radius 1 is 0.852 bits per heavy atom. The maximum absolute atomic E-state index is 13.4. The Balaban J connectivity index is 0.914. The predicted octanol–water partition coefficient (Wildman–Crippen LogP) is 4.62. The molecule has 13 heteroatoms. The number of amides is 3. The summed E-state index contributed by atoms with van der Waals surface area (Å²) >= 11 is 6.24. The molecular weight excluding hydrogens is 708 g/mol. The van der Waals surface area contributed by atoms with Gasteiger partial charge in [0.05, 0.1) is 26.3 Å². The van der Waals surface area contributed by atoms with Gasteiger partial charge in [-0.3, -0.25) is 34.3 Å². The number of aryl methyl sites for hydroxylation is 1. The maximum Gasteiger partial charge on any atom is 0.258 e. The molecule has 3 aliphatic rings. The summed E-state index contributed by atoms with van der Waals surface area (Å²) in [6.07, 6.45) is 4.63. The number of pyridine rings is 1. The fourth-order valence-corrected chi connectivity index (χ4v) is 8.12. The first kappa shape index (κ1) is 37.4. The third-order valence-corrected chi connectivity index (χ3v) is 11.3. The number of halogens is 1. The van der Waals surface area contributed by atoms with Crippen LogP contribution in [0.2, 0.25) is 5.02 Å². The lowest BCUT2D eigenvalue weighted by Crippen LogP contribution is -2.51. The van der Waals surface area contributed by atoms with Crippen LogP contribution >= 0.6 is 11.6 Å². The van der Waals surface area contributed by atoms with Crippen molar-refractivity contribution in [2.75, 3.05) is 65.3 Å². The number of benzene rings is 3. The number of anilines is 1. The van der Waals surface area contributed by atoms with Crippen LogP contribution in [0.25, 0.3) is 21.9 Å². The summed E-state index contributed by atoms with van der Waals surface area (Å²) in [4.78, 5) is 56.4. The van der Waals surface area contributed by atoms with Crippen LogP contribution in [0, 0.1) is 0 Å². The van der Waals surface area contributed by atoms with Crippen LogP contribution in [-0.2, 0) is 28.0 Å². The Bertz CT molecular complexity index is 2080. The van der Waals surface area contributed by atoms with Crippen LogP contribution in [0.15, 0.2) is 65.6 Å². The molecule has 0 spiro atoms. The first-order chi connectivity index (χ1) is 26.1. The van der Waals surface area contributed by atoms with Crippen molar-refractivity contribution in [2.24, 2.45) is 7.05 Å². The minimum atomic E-state index is -0.398. The van der Waals surface area contributed by atoms with E-state index in [1.165, 1.54) is 5.56 Å². The van der Waals surface area contributed by atoms with Gasteiger partial charge in [0, 0.05) is 74.0 Å². The number of imide groups is 1.